The van der Waals surface area contributed by atoms with Gasteiger partial charge in [-0.1, -0.05) is 24.3 Å². The molecule has 17 heavy (non-hydrogen) atoms. The molecule has 1 nitrogen and oxygen atoms in total. The zero-order valence-corrected chi connectivity index (χ0v) is 9.00. The largest absolute Gasteiger partial charge is 0.450 e. The van der Waals surface area contributed by atoms with Gasteiger partial charge in [0.1, 0.15) is 0 Å². The first-order valence-electron chi connectivity index (χ1n) is 5.70. The third-order valence-corrected chi connectivity index (χ3v) is 4.03. The molecule has 0 saturated heterocycles. The third kappa shape index (κ3) is 1.43. The van der Waals surface area contributed by atoms with Gasteiger partial charge in [0, 0.05) is 5.92 Å². The van der Waals surface area contributed by atoms with E-state index in [0.29, 0.717) is 12.8 Å². The predicted octanol–water partition coefficient (Wildman–Crippen LogP) is 3.41. The molecule has 0 aromatic heterocycles. The smallest absolute Gasteiger partial charge is 0.289 e. The zero-order chi connectivity index (χ0) is 12.2. The van der Waals surface area contributed by atoms with Gasteiger partial charge in [0.2, 0.25) is 5.78 Å². The third-order valence-electron chi connectivity index (χ3n) is 4.03. The van der Waals surface area contributed by atoms with Crippen molar-refractivity contribution in [3.63, 3.8) is 0 Å². The lowest BCUT2D eigenvalue weighted by atomic mass is 9.90. The fourth-order valence-corrected chi connectivity index (χ4v) is 3.44. The van der Waals surface area contributed by atoms with Crippen LogP contribution in [0, 0.1) is 5.92 Å². The van der Waals surface area contributed by atoms with Crippen molar-refractivity contribution in [3.8, 4) is 0 Å². The fourth-order valence-electron chi connectivity index (χ4n) is 3.44. The van der Waals surface area contributed by atoms with Gasteiger partial charge in [0.05, 0.1) is 0 Å². The van der Waals surface area contributed by atoms with E-state index in [0.717, 1.165) is 11.1 Å². The van der Waals surface area contributed by atoms with Gasteiger partial charge in [-0.2, -0.15) is 13.2 Å². The number of hydrogen-bond donors (Lipinski definition) is 0. The van der Waals surface area contributed by atoms with Crippen LogP contribution in [0.15, 0.2) is 24.3 Å². The van der Waals surface area contributed by atoms with E-state index in [1.54, 1.807) is 0 Å². The molecule has 0 radical (unpaired) electrons. The molecule has 0 amide bonds. The fraction of sp³-hybridized carbons (Fsp3) is 0.462. The Balaban J connectivity index is 2.01. The lowest BCUT2D eigenvalue weighted by Gasteiger charge is -2.16. The molecule has 2 bridgehead atoms. The van der Waals surface area contributed by atoms with E-state index in [1.807, 2.05) is 24.3 Å². The number of alkyl halides is 3. The Morgan fingerprint density at radius 3 is 1.94 bits per heavy atom. The summed E-state index contributed by atoms with van der Waals surface area (Å²) in [5.74, 6) is -2.84. The summed E-state index contributed by atoms with van der Waals surface area (Å²) in [6.45, 7) is 0. The second-order valence-electron chi connectivity index (χ2n) is 4.81. The van der Waals surface area contributed by atoms with Gasteiger partial charge in [0.15, 0.2) is 0 Å². The Labute approximate surface area is 96.6 Å². The Bertz CT molecular complexity index is 447. The lowest BCUT2D eigenvalue weighted by molar-refractivity contribution is -0.176. The van der Waals surface area contributed by atoms with Crippen LogP contribution in [-0.2, 0) is 4.79 Å². The van der Waals surface area contributed by atoms with Crippen molar-refractivity contribution in [1.82, 2.24) is 0 Å². The summed E-state index contributed by atoms with van der Waals surface area (Å²) < 4.78 is 37.6. The number of halogens is 3. The Morgan fingerprint density at radius 2 is 1.53 bits per heavy atom. The van der Waals surface area contributed by atoms with E-state index >= 15 is 0 Å². The Hall–Kier alpha value is -1.32. The van der Waals surface area contributed by atoms with Crippen LogP contribution in [0.3, 0.4) is 0 Å². The normalized spacial score (nSPS) is 30.4. The van der Waals surface area contributed by atoms with Crippen LogP contribution in [0.5, 0.6) is 0 Å². The Morgan fingerprint density at radius 1 is 1.06 bits per heavy atom. The van der Waals surface area contributed by atoms with Crippen LogP contribution in [0.2, 0.25) is 0 Å². The Kier molecular flexibility index (Phi) is 2.12. The first-order chi connectivity index (χ1) is 8.00. The molecular formula is C13H11F3O. The maximum atomic E-state index is 12.5. The molecule has 4 heteroatoms. The van der Waals surface area contributed by atoms with Gasteiger partial charge < -0.3 is 0 Å². The molecule has 90 valence electrons. The van der Waals surface area contributed by atoms with Crippen LogP contribution in [0.1, 0.15) is 35.8 Å². The molecule has 0 heterocycles. The molecule has 1 saturated carbocycles. The highest BCUT2D eigenvalue weighted by molar-refractivity contribution is 5.89. The van der Waals surface area contributed by atoms with E-state index in [2.05, 4.69) is 0 Å². The van der Waals surface area contributed by atoms with Crippen LogP contribution in [-0.4, -0.2) is 12.0 Å². The van der Waals surface area contributed by atoms with Crippen LogP contribution < -0.4 is 0 Å². The van der Waals surface area contributed by atoms with Crippen LogP contribution in [0.4, 0.5) is 13.2 Å². The van der Waals surface area contributed by atoms with Gasteiger partial charge >= 0.3 is 6.18 Å². The lowest BCUT2D eigenvalue weighted by Crippen LogP contribution is -2.32. The minimum atomic E-state index is -4.70. The molecule has 0 aliphatic heterocycles. The number of benzene rings is 1. The highest BCUT2D eigenvalue weighted by atomic mass is 19.4. The maximum Gasteiger partial charge on any atom is 0.450 e. The average Bonchev–Trinajstić information content (AvgIpc) is 2.83. The first-order valence-corrected chi connectivity index (χ1v) is 5.70. The van der Waals surface area contributed by atoms with Crippen LogP contribution >= 0.6 is 0 Å². The zero-order valence-electron chi connectivity index (χ0n) is 9.00. The quantitative estimate of drug-likeness (QED) is 0.735. The molecule has 0 spiro atoms. The minimum absolute atomic E-state index is 0.217. The van der Waals surface area contributed by atoms with E-state index in [9.17, 15) is 18.0 Å². The number of rotatable bonds is 1. The monoisotopic (exact) mass is 240 g/mol. The second-order valence-corrected chi connectivity index (χ2v) is 4.81. The summed E-state index contributed by atoms with van der Waals surface area (Å²) in [5.41, 5.74) is 1.90. The average molecular weight is 240 g/mol. The summed E-state index contributed by atoms with van der Waals surface area (Å²) in [4.78, 5) is 11.5. The highest BCUT2D eigenvalue weighted by Gasteiger charge is 2.55. The molecule has 1 aromatic rings. The topological polar surface area (TPSA) is 17.1 Å². The summed E-state index contributed by atoms with van der Waals surface area (Å²) in [6, 6.07) is 7.37. The molecule has 2 aliphatic carbocycles. The highest BCUT2D eigenvalue weighted by Crippen LogP contribution is 2.58. The molecule has 3 rings (SSSR count). The van der Waals surface area contributed by atoms with Crippen molar-refractivity contribution >= 4 is 5.78 Å². The van der Waals surface area contributed by atoms with Crippen molar-refractivity contribution in [1.29, 1.82) is 0 Å². The van der Waals surface area contributed by atoms with Crippen molar-refractivity contribution in [2.75, 3.05) is 0 Å². The van der Waals surface area contributed by atoms with Gasteiger partial charge in [-0.15, -0.1) is 0 Å². The predicted molar refractivity (Wildman–Crippen MR) is 55.7 cm³/mol. The van der Waals surface area contributed by atoms with E-state index < -0.39 is 17.9 Å². The summed E-state index contributed by atoms with van der Waals surface area (Å²) >= 11 is 0. The van der Waals surface area contributed by atoms with Crippen LogP contribution in [0.25, 0.3) is 0 Å². The summed E-state index contributed by atoms with van der Waals surface area (Å²) in [7, 11) is 0. The number of fused-ring (bicyclic) bond motifs is 5. The standard InChI is InChI=1S/C13H11F3O/c14-13(15,16)12(17)11-9-5-6-10(11)8-4-2-1-3-7(8)9/h1-4,9-11H,5-6H2/t9-,10-/m1/s1. The van der Waals surface area contributed by atoms with E-state index in [-0.39, 0.29) is 11.8 Å². The molecule has 2 aliphatic rings. The van der Waals surface area contributed by atoms with Gasteiger partial charge in [-0.05, 0) is 35.8 Å². The second kappa shape index (κ2) is 3.34. The maximum absolute atomic E-state index is 12.5. The molecule has 0 unspecified atom stereocenters. The first kappa shape index (κ1) is 10.8. The van der Waals surface area contributed by atoms with Crippen molar-refractivity contribution in [2.24, 2.45) is 5.92 Å². The number of ketones is 1. The summed E-state index contributed by atoms with van der Waals surface area (Å²) in [6.07, 6.45) is -3.30. The number of carbonyl (C=O) groups excluding carboxylic acids is 1. The van der Waals surface area contributed by atoms with E-state index in [1.165, 1.54) is 0 Å². The number of hydrogen-bond acceptors (Lipinski definition) is 1. The molecule has 0 N–H and O–H groups in total. The van der Waals surface area contributed by atoms with Crippen molar-refractivity contribution < 1.29 is 18.0 Å². The van der Waals surface area contributed by atoms with Crippen molar-refractivity contribution in [2.45, 2.75) is 30.9 Å². The van der Waals surface area contributed by atoms with Gasteiger partial charge in [-0.25, -0.2) is 0 Å². The van der Waals surface area contributed by atoms with Gasteiger partial charge in [-0.3, -0.25) is 4.79 Å². The molecule has 1 aromatic carbocycles. The minimum Gasteiger partial charge on any atom is -0.289 e. The van der Waals surface area contributed by atoms with Crippen molar-refractivity contribution in [3.05, 3.63) is 35.4 Å². The number of Topliss-reactive ketones (excluding diaryl/α,β-unsaturated/α-hetero) is 1. The number of carbonyl (C=O) groups is 1. The van der Waals surface area contributed by atoms with Gasteiger partial charge in [0.25, 0.3) is 0 Å². The molecule has 1 fully saturated rings. The SMILES string of the molecule is O=C(C1[C@@H]2CC[C@@H]1c1ccccc12)C(F)(F)F. The molecular weight excluding hydrogens is 229 g/mol. The molecule has 2 atom stereocenters. The summed E-state index contributed by atoms with van der Waals surface area (Å²) in [5, 5.41) is 0. The van der Waals surface area contributed by atoms with E-state index in [4.69, 9.17) is 0 Å².